The number of hydrogen-bond donors (Lipinski definition) is 0. The summed E-state index contributed by atoms with van der Waals surface area (Å²) in [5.74, 6) is -0.0105. The van der Waals surface area contributed by atoms with Crippen molar-refractivity contribution in [3.63, 3.8) is 0 Å². The molecule has 0 fully saturated rings. The van der Waals surface area contributed by atoms with E-state index in [2.05, 4.69) is 20.9 Å². The summed E-state index contributed by atoms with van der Waals surface area (Å²) >= 11 is 3.14. The zero-order chi connectivity index (χ0) is 18.3. The summed E-state index contributed by atoms with van der Waals surface area (Å²) in [5.41, 5.74) is -0.712. The lowest BCUT2D eigenvalue weighted by molar-refractivity contribution is -0.386. The van der Waals surface area contributed by atoms with E-state index in [4.69, 9.17) is 9.47 Å². The molecule has 9 heteroatoms. The van der Waals surface area contributed by atoms with Crippen LogP contribution in [-0.2, 0) is 4.74 Å². The molecule has 1 amide bonds. The van der Waals surface area contributed by atoms with Crippen molar-refractivity contribution in [1.82, 2.24) is 9.88 Å². The third-order valence-electron chi connectivity index (χ3n) is 2.83. The van der Waals surface area contributed by atoms with Gasteiger partial charge in [-0.1, -0.05) is 0 Å². The maximum Gasteiger partial charge on any atom is 0.410 e. The maximum absolute atomic E-state index is 11.8. The molecule has 134 valence electrons. The summed E-state index contributed by atoms with van der Waals surface area (Å²) in [6, 6.07) is 1.35. The summed E-state index contributed by atoms with van der Waals surface area (Å²) in [4.78, 5) is 27.6. The van der Waals surface area contributed by atoms with E-state index in [1.54, 1.807) is 7.05 Å². The number of unbranched alkanes of at least 4 members (excludes halogenated alkanes) is 1. The first-order valence-electron chi connectivity index (χ1n) is 7.47. The summed E-state index contributed by atoms with van der Waals surface area (Å²) in [6.07, 6.45) is 2.37. The molecule has 0 saturated carbocycles. The van der Waals surface area contributed by atoms with Crippen LogP contribution >= 0.6 is 15.9 Å². The topological polar surface area (TPSA) is 94.8 Å². The second-order valence-electron chi connectivity index (χ2n) is 6.19. The molecule has 1 aromatic rings. The van der Waals surface area contributed by atoms with E-state index in [0.717, 1.165) is 0 Å². The van der Waals surface area contributed by atoms with Gasteiger partial charge in [0.2, 0.25) is 0 Å². The molecule has 0 aromatic carbocycles. The van der Waals surface area contributed by atoms with Crippen LogP contribution in [0.1, 0.15) is 33.6 Å². The molecule has 8 nitrogen and oxygen atoms in total. The number of hydrogen-bond acceptors (Lipinski definition) is 6. The molecule has 1 rings (SSSR count). The Balaban J connectivity index is 2.37. The third kappa shape index (κ3) is 7.12. The van der Waals surface area contributed by atoms with E-state index in [9.17, 15) is 14.9 Å². The molecule has 0 N–H and O–H groups in total. The molecular formula is C15H22BrN3O5. The highest BCUT2D eigenvalue weighted by molar-refractivity contribution is 9.10. The molecule has 24 heavy (non-hydrogen) atoms. The minimum atomic E-state index is -0.538. The molecule has 1 aromatic heterocycles. The number of carbonyl (C=O) groups is 1. The number of pyridine rings is 1. The highest BCUT2D eigenvalue weighted by Crippen LogP contribution is 2.27. The molecule has 0 atom stereocenters. The number of amides is 1. The zero-order valence-corrected chi connectivity index (χ0v) is 15.8. The number of aromatic nitrogens is 1. The van der Waals surface area contributed by atoms with Crippen molar-refractivity contribution in [3.05, 3.63) is 26.9 Å². The lowest BCUT2D eigenvalue weighted by Gasteiger charge is -2.24. The van der Waals surface area contributed by atoms with Crippen LogP contribution in [0.25, 0.3) is 0 Å². The number of nitro groups is 1. The summed E-state index contributed by atoms with van der Waals surface area (Å²) in [5, 5.41) is 10.9. The standard InChI is InChI=1S/C15H22BrN3O5/c1-15(2,3)24-14(20)18(4)7-5-6-8-23-13-12(19(21)22)9-11(16)10-17-13/h9-10H,5-8H2,1-4H3. The van der Waals surface area contributed by atoms with Gasteiger partial charge in [-0.3, -0.25) is 10.1 Å². The van der Waals surface area contributed by atoms with Crippen LogP contribution in [0.3, 0.4) is 0 Å². The molecule has 0 aliphatic rings. The third-order valence-corrected chi connectivity index (χ3v) is 3.26. The minimum Gasteiger partial charge on any atom is -0.473 e. The van der Waals surface area contributed by atoms with E-state index >= 15 is 0 Å². The average Bonchev–Trinajstić information content (AvgIpc) is 2.46. The van der Waals surface area contributed by atoms with Gasteiger partial charge >= 0.3 is 11.8 Å². The van der Waals surface area contributed by atoms with Crippen LogP contribution < -0.4 is 4.74 Å². The van der Waals surface area contributed by atoms with Crippen molar-refractivity contribution >= 4 is 27.7 Å². The minimum absolute atomic E-state index is 0.0105. The Bertz CT molecular complexity index is 589. The Morgan fingerprint density at radius 1 is 1.42 bits per heavy atom. The van der Waals surface area contributed by atoms with Crippen molar-refractivity contribution in [3.8, 4) is 5.88 Å². The van der Waals surface area contributed by atoms with Gasteiger partial charge in [0.05, 0.1) is 11.5 Å². The monoisotopic (exact) mass is 403 g/mol. The molecule has 0 unspecified atom stereocenters. The van der Waals surface area contributed by atoms with Crippen LogP contribution in [0.5, 0.6) is 5.88 Å². The smallest absolute Gasteiger partial charge is 0.410 e. The molecule has 0 saturated heterocycles. The number of rotatable bonds is 7. The predicted molar refractivity (Wildman–Crippen MR) is 92.2 cm³/mol. The van der Waals surface area contributed by atoms with Crippen LogP contribution in [0, 0.1) is 10.1 Å². The van der Waals surface area contributed by atoms with Crippen LogP contribution in [-0.4, -0.2) is 46.7 Å². The van der Waals surface area contributed by atoms with E-state index < -0.39 is 10.5 Å². The van der Waals surface area contributed by atoms with Crippen LogP contribution in [0.4, 0.5) is 10.5 Å². The first kappa shape index (κ1) is 20.1. The van der Waals surface area contributed by atoms with Gasteiger partial charge in [-0.25, -0.2) is 9.78 Å². The van der Waals surface area contributed by atoms with Gasteiger partial charge in [0.1, 0.15) is 5.60 Å². The van der Waals surface area contributed by atoms with Gasteiger partial charge in [0, 0.05) is 30.3 Å². The second-order valence-corrected chi connectivity index (χ2v) is 7.11. The van der Waals surface area contributed by atoms with Crippen LogP contribution in [0.2, 0.25) is 0 Å². The molecule has 0 spiro atoms. The number of nitrogens with zero attached hydrogens (tertiary/aromatic N) is 3. The Kier molecular flexibility index (Phi) is 7.40. The molecule has 0 aliphatic heterocycles. The second kappa shape index (κ2) is 8.81. The summed E-state index contributed by atoms with van der Waals surface area (Å²) in [7, 11) is 1.66. The Labute approximate surface area is 149 Å². The average molecular weight is 404 g/mol. The number of carbonyl (C=O) groups excluding carboxylic acids is 1. The maximum atomic E-state index is 11.8. The fourth-order valence-corrected chi connectivity index (χ4v) is 2.03. The van der Waals surface area contributed by atoms with Crippen molar-refractivity contribution in [2.45, 2.75) is 39.2 Å². The molecule has 0 aliphatic carbocycles. The highest BCUT2D eigenvalue weighted by Gasteiger charge is 2.19. The van der Waals surface area contributed by atoms with Gasteiger partial charge in [0.25, 0.3) is 5.88 Å². The lowest BCUT2D eigenvalue weighted by atomic mass is 10.2. The van der Waals surface area contributed by atoms with E-state index in [0.29, 0.717) is 23.9 Å². The Morgan fingerprint density at radius 2 is 2.08 bits per heavy atom. The van der Waals surface area contributed by atoms with E-state index in [-0.39, 0.29) is 24.3 Å². The SMILES string of the molecule is CN(CCCCOc1ncc(Br)cc1[N+](=O)[O-])C(=O)OC(C)(C)C. The van der Waals surface area contributed by atoms with Crippen molar-refractivity contribution in [1.29, 1.82) is 0 Å². The summed E-state index contributed by atoms with van der Waals surface area (Å²) < 4.78 is 11.1. The molecule has 1 heterocycles. The number of ether oxygens (including phenoxy) is 2. The highest BCUT2D eigenvalue weighted by atomic mass is 79.9. The first-order chi connectivity index (χ1) is 11.1. The Hall–Kier alpha value is -1.90. The lowest BCUT2D eigenvalue weighted by Crippen LogP contribution is -2.34. The van der Waals surface area contributed by atoms with Gasteiger partial charge in [-0.2, -0.15) is 0 Å². The number of halogens is 1. The van der Waals surface area contributed by atoms with Gasteiger partial charge in [-0.05, 0) is 49.5 Å². The quantitative estimate of drug-likeness (QED) is 0.390. The van der Waals surface area contributed by atoms with E-state index in [1.165, 1.54) is 17.2 Å². The molecule has 0 bridgehead atoms. The Morgan fingerprint density at radius 3 is 2.67 bits per heavy atom. The van der Waals surface area contributed by atoms with Crippen LogP contribution in [0.15, 0.2) is 16.7 Å². The van der Waals surface area contributed by atoms with Gasteiger partial charge < -0.3 is 14.4 Å². The zero-order valence-electron chi connectivity index (χ0n) is 14.2. The largest absolute Gasteiger partial charge is 0.473 e. The van der Waals surface area contributed by atoms with Crippen molar-refractivity contribution < 1.29 is 19.2 Å². The fraction of sp³-hybridized carbons (Fsp3) is 0.600. The molecule has 0 radical (unpaired) electrons. The molecular weight excluding hydrogens is 382 g/mol. The summed E-state index contributed by atoms with van der Waals surface area (Å²) in [6.45, 7) is 6.21. The van der Waals surface area contributed by atoms with E-state index in [1.807, 2.05) is 20.8 Å². The van der Waals surface area contributed by atoms with Crippen molar-refractivity contribution in [2.75, 3.05) is 20.2 Å². The fourth-order valence-electron chi connectivity index (χ4n) is 1.71. The predicted octanol–water partition coefficient (Wildman–Crippen LogP) is 3.78. The van der Waals surface area contributed by atoms with Gasteiger partial charge in [0.15, 0.2) is 0 Å². The first-order valence-corrected chi connectivity index (χ1v) is 8.26. The normalized spacial score (nSPS) is 11.0. The van der Waals surface area contributed by atoms with Crippen molar-refractivity contribution in [2.24, 2.45) is 0 Å². The van der Waals surface area contributed by atoms with Gasteiger partial charge in [-0.15, -0.1) is 0 Å².